The molecular weight excluding hydrogens is 348 g/mol. The number of hydrogen-bond acceptors (Lipinski definition) is 6. The van der Waals surface area contributed by atoms with Crippen LogP contribution in [0.5, 0.6) is 5.75 Å². The van der Waals surface area contributed by atoms with Crippen molar-refractivity contribution in [3.8, 4) is 5.75 Å². The van der Waals surface area contributed by atoms with Crippen LogP contribution in [0.1, 0.15) is 31.2 Å². The summed E-state index contributed by atoms with van der Waals surface area (Å²) in [5.41, 5.74) is 2.73. The molecule has 0 radical (unpaired) electrons. The molecule has 0 aliphatic carbocycles. The Balaban J connectivity index is 1.44. The van der Waals surface area contributed by atoms with Crippen LogP contribution < -0.4 is 15.5 Å². The molecule has 0 spiro atoms. The standard InChI is InChI=1S/C19H26N4O4/c1-27-15-4-2-3-14(13-15)19(26)7-10-23(11-8-19)12-9-20-18(25)16-5-6-17(24)22-21-16/h2-4,13,26H,5-12H2,1H3,(H,20,25)(H,22,24). The molecule has 8 nitrogen and oxygen atoms in total. The first-order valence-corrected chi connectivity index (χ1v) is 9.23. The Hall–Kier alpha value is -2.45. The number of methoxy groups -OCH3 is 1. The molecule has 0 atom stereocenters. The van der Waals surface area contributed by atoms with E-state index in [-0.39, 0.29) is 11.8 Å². The largest absolute Gasteiger partial charge is 0.497 e. The zero-order valence-electron chi connectivity index (χ0n) is 15.5. The number of benzene rings is 1. The van der Waals surface area contributed by atoms with E-state index in [1.807, 2.05) is 24.3 Å². The van der Waals surface area contributed by atoms with Gasteiger partial charge in [-0.2, -0.15) is 5.10 Å². The molecule has 1 saturated heterocycles. The molecule has 0 saturated carbocycles. The van der Waals surface area contributed by atoms with E-state index in [2.05, 4.69) is 20.7 Å². The molecule has 3 rings (SSSR count). The highest BCUT2D eigenvalue weighted by Crippen LogP contribution is 2.34. The number of likely N-dealkylation sites (tertiary alicyclic amines) is 1. The number of hydrogen-bond donors (Lipinski definition) is 3. The van der Waals surface area contributed by atoms with Crippen LogP contribution in [-0.4, -0.2) is 60.8 Å². The number of carbonyl (C=O) groups is 2. The van der Waals surface area contributed by atoms with Gasteiger partial charge < -0.3 is 20.1 Å². The van der Waals surface area contributed by atoms with Crippen LogP contribution in [0.25, 0.3) is 0 Å². The number of amides is 2. The summed E-state index contributed by atoms with van der Waals surface area (Å²) < 4.78 is 5.25. The molecule has 0 aromatic heterocycles. The van der Waals surface area contributed by atoms with Crippen LogP contribution in [-0.2, 0) is 15.2 Å². The third-order valence-electron chi connectivity index (χ3n) is 5.17. The van der Waals surface area contributed by atoms with Crippen molar-refractivity contribution in [1.29, 1.82) is 0 Å². The molecular formula is C19H26N4O4. The minimum absolute atomic E-state index is 0.164. The normalized spacial score (nSPS) is 19.8. The van der Waals surface area contributed by atoms with Crippen molar-refractivity contribution in [2.24, 2.45) is 5.10 Å². The van der Waals surface area contributed by atoms with Crippen LogP contribution in [0.15, 0.2) is 29.4 Å². The summed E-state index contributed by atoms with van der Waals surface area (Å²) in [5.74, 6) is 0.344. The number of hydrazone groups is 1. The van der Waals surface area contributed by atoms with Gasteiger partial charge in [-0.15, -0.1) is 0 Å². The summed E-state index contributed by atoms with van der Waals surface area (Å²) in [6.07, 6.45) is 1.93. The van der Waals surface area contributed by atoms with Gasteiger partial charge in [0.25, 0.3) is 5.91 Å². The molecule has 1 fully saturated rings. The summed E-state index contributed by atoms with van der Waals surface area (Å²) >= 11 is 0. The number of nitrogens with one attached hydrogen (secondary N) is 2. The number of aliphatic hydroxyl groups is 1. The Kier molecular flexibility index (Phi) is 6.08. The second-order valence-electron chi connectivity index (χ2n) is 6.95. The summed E-state index contributed by atoms with van der Waals surface area (Å²) in [6.45, 7) is 2.71. The third kappa shape index (κ3) is 4.84. The van der Waals surface area contributed by atoms with Crippen LogP contribution in [0.4, 0.5) is 0 Å². The molecule has 27 heavy (non-hydrogen) atoms. The first-order valence-electron chi connectivity index (χ1n) is 9.23. The first-order chi connectivity index (χ1) is 13.0. The van der Waals surface area contributed by atoms with Crippen molar-refractivity contribution < 1.29 is 19.4 Å². The van der Waals surface area contributed by atoms with Crippen molar-refractivity contribution in [2.45, 2.75) is 31.3 Å². The third-order valence-corrected chi connectivity index (χ3v) is 5.17. The van der Waals surface area contributed by atoms with E-state index < -0.39 is 5.60 Å². The van der Waals surface area contributed by atoms with Gasteiger partial charge in [-0.1, -0.05) is 12.1 Å². The topological polar surface area (TPSA) is 103 Å². The monoisotopic (exact) mass is 374 g/mol. The molecule has 0 unspecified atom stereocenters. The Labute approximate surface area is 158 Å². The fraction of sp³-hybridized carbons (Fsp3) is 0.526. The van der Waals surface area contributed by atoms with Crippen molar-refractivity contribution in [2.75, 3.05) is 33.3 Å². The SMILES string of the molecule is COc1cccc(C2(O)CCN(CCNC(=O)C3=NNC(=O)CC3)CC2)c1. The number of ether oxygens (including phenoxy) is 1. The highest BCUT2D eigenvalue weighted by Gasteiger charge is 2.34. The van der Waals surface area contributed by atoms with Crippen LogP contribution >= 0.6 is 0 Å². The van der Waals surface area contributed by atoms with E-state index in [9.17, 15) is 14.7 Å². The molecule has 8 heteroatoms. The molecule has 1 aromatic rings. The maximum Gasteiger partial charge on any atom is 0.267 e. The Morgan fingerprint density at radius 3 is 2.81 bits per heavy atom. The zero-order chi connectivity index (χ0) is 19.3. The highest BCUT2D eigenvalue weighted by atomic mass is 16.5. The maximum absolute atomic E-state index is 12.0. The van der Waals surface area contributed by atoms with Crippen molar-refractivity contribution in [3.63, 3.8) is 0 Å². The van der Waals surface area contributed by atoms with Gasteiger partial charge in [0.2, 0.25) is 5.91 Å². The quantitative estimate of drug-likeness (QED) is 0.667. The first kappa shape index (κ1) is 19.3. The average molecular weight is 374 g/mol. The summed E-state index contributed by atoms with van der Waals surface area (Å²) in [4.78, 5) is 25.3. The van der Waals surface area contributed by atoms with E-state index in [1.54, 1.807) is 7.11 Å². The lowest BCUT2D eigenvalue weighted by molar-refractivity contribution is -0.121. The van der Waals surface area contributed by atoms with Gasteiger partial charge in [0.05, 0.1) is 12.7 Å². The fourth-order valence-electron chi connectivity index (χ4n) is 3.42. The Bertz CT molecular complexity index is 726. The zero-order valence-corrected chi connectivity index (χ0v) is 15.5. The van der Waals surface area contributed by atoms with Gasteiger partial charge in [0, 0.05) is 39.0 Å². The van der Waals surface area contributed by atoms with E-state index in [1.165, 1.54) is 0 Å². The smallest absolute Gasteiger partial charge is 0.267 e. The maximum atomic E-state index is 12.0. The lowest BCUT2D eigenvalue weighted by atomic mass is 9.84. The number of piperidine rings is 1. The van der Waals surface area contributed by atoms with Gasteiger partial charge >= 0.3 is 0 Å². The molecule has 2 aliphatic rings. The molecule has 0 bridgehead atoms. The molecule has 2 heterocycles. The van der Waals surface area contributed by atoms with Gasteiger partial charge in [-0.05, 0) is 30.5 Å². The van der Waals surface area contributed by atoms with Crippen LogP contribution in [0, 0.1) is 0 Å². The van der Waals surface area contributed by atoms with E-state index >= 15 is 0 Å². The average Bonchev–Trinajstić information content (AvgIpc) is 2.70. The molecule has 146 valence electrons. The second kappa shape index (κ2) is 8.49. The second-order valence-corrected chi connectivity index (χ2v) is 6.95. The number of carbonyl (C=O) groups excluding carboxylic acids is 2. The van der Waals surface area contributed by atoms with Crippen LogP contribution in [0.3, 0.4) is 0 Å². The number of nitrogens with zero attached hydrogens (tertiary/aromatic N) is 2. The van der Waals surface area contributed by atoms with E-state index in [0.29, 0.717) is 44.5 Å². The van der Waals surface area contributed by atoms with Gasteiger partial charge in [-0.3, -0.25) is 9.59 Å². The van der Waals surface area contributed by atoms with Gasteiger partial charge in [0.1, 0.15) is 11.5 Å². The minimum Gasteiger partial charge on any atom is -0.497 e. The lowest BCUT2D eigenvalue weighted by Gasteiger charge is -2.38. The minimum atomic E-state index is -0.844. The Morgan fingerprint density at radius 1 is 1.37 bits per heavy atom. The van der Waals surface area contributed by atoms with Crippen LogP contribution in [0.2, 0.25) is 0 Å². The van der Waals surface area contributed by atoms with Crippen molar-refractivity contribution in [3.05, 3.63) is 29.8 Å². The van der Waals surface area contributed by atoms with Gasteiger partial charge in [-0.25, -0.2) is 5.43 Å². The predicted molar refractivity (Wildman–Crippen MR) is 100 cm³/mol. The lowest BCUT2D eigenvalue weighted by Crippen LogP contribution is -2.46. The molecule has 3 N–H and O–H groups in total. The molecule has 1 aromatic carbocycles. The van der Waals surface area contributed by atoms with Crippen molar-refractivity contribution >= 4 is 17.5 Å². The number of rotatable bonds is 6. The van der Waals surface area contributed by atoms with Gasteiger partial charge in [0.15, 0.2) is 0 Å². The fourth-order valence-corrected chi connectivity index (χ4v) is 3.42. The summed E-state index contributed by atoms with van der Waals surface area (Å²) in [6, 6.07) is 7.58. The Morgan fingerprint density at radius 2 is 2.15 bits per heavy atom. The van der Waals surface area contributed by atoms with E-state index in [4.69, 9.17) is 4.74 Å². The summed E-state index contributed by atoms with van der Waals surface area (Å²) in [7, 11) is 1.62. The van der Waals surface area contributed by atoms with E-state index in [0.717, 1.165) is 24.4 Å². The predicted octanol–water partition coefficient (Wildman–Crippen LogP) is 0.361. The molecule has 2 amide bonds. The van der Waals surface area contributed by atoms with Crippen molar-refractivity contribution in [1.82, 2.24) is 15.6 Å². The highest BCUT2D eigenvalue weighted by molar-refractivity contribution is 6.39. The summed E-state index contributed by atoms with van der Waals surface area (Å²) in [5, 5.41) is 17.6. The molecule has 2 aliphatic heterocycles.